The SMILES string of the molecule is N#CCC(CO)C12CCC[C@H]1[C@@H]1CCC3=CC(=O)CCC3=C1CC2. The van der Waals surface area contributed by atoms with Crippen LogP contribution in [0.4, 0.5) is 0 Å². The molecular weight excluding hydrogens is 298 g/mol. The van der Waals surface area contributed by atoms with Gasteiger partial charge in [0.05, 0.1) is 6.07 Å². The predicted molar refractivity (Wildman–Crippen MR) is 91.9 cm³/mol. The molecule has 3 nitrogen and oxygen atoms in total. The number of ketones is 1. The molecule has 0 aromatic rings. The molecule has 24 heavy (non-hydrogen) atoms. The van der Waals surface area contributed by atoms with Crippen molar-refractivity contribution in [3.63, 3.8) is 0 Å². The number of rotatable bonds is 3. The second-order valence-electron chi connectivity index (χ2n) is 8.26. The van der Waals surface area contributed by atoms with Gasteiger partial charge in [0.25, 0.3) is 0 Å². The van der Waals surface area contributed by atoms with E-state index < -0.39 is 0 Å². The molecule has 4 atom stereocenters. The van der Waals surface area contributed by atoms with Gasteiger partial charge in [0.2, 0.25) is 0 Å². The number of aliphatic hydroxyl groups excluding tert-OH is 1. The third-order valence-corrected chi connectivity index (χ3v) is 7.52. The molecule has 3 heteroatoms. The first-order valence-electron chi connectivity index (χ1n) is 9.63. The summed E-state index contributed by atoms with van der Waals surface area (Å²) >= 11 is 0. The van der Waals surface area contributed by atoms with Gasteiger partial charge in [0.1, 0.15) is 0 Å². The summed E-state index contributed by atoms with van der Waals surface area (Å²) in [6.45, 7) is 0.155. The molecule has 4 aliphatic rings. The van der Waals surface area contributed by atoms with Gasteiger partial charge in [0, 0.05) is 25.4 Å². The van der Waals surface area contributed by atoms with Gasteiger partial charge < -0.3 is 5.11 Å². The van der Waals surface area contributed by atoms with Crippen LogP contribution in [0.1, 0.15) is 64.2 Å². The Hall–Kier alpha value is -1.40. The summed E-state index contributed by atoms with van der Waals surface area (Å²) in [4.78, 5) is 11.8. The minimum Gasteiger partial charge on any atom is -0.396 e. The first kappa shape index (κ1) is 16.1. The lowest BCUT2D eigenvalue weighted by Gasteiger charge is -2.51. The Morgan fingerprint density at radius 2 is 2.12 bits per heavy atom. The first-order chi connectivity index (χ1) is 11.7. The molecule has 0 bridgehead atoms. The van der Waals surface area contributed by atoms with Crippen LogP contribution in [0, 0.1) is 34.5 Å². The smallest absolute Gasteiger partial charge is 0.156 e. The highest BCUT2D eigenvalue weighted by Crippen LogP contribution is 2.63. The number of nitrogens with zero attached hydrogens (tertiary/aromatic N) is 1. The van der Waals surface area contributed by atoms with Gasteiger partial charge in [-0.25, -0.2) is 0 Å². The number of hydrogen-bond donors (Lipinski definition) is 1. The van der Waals surface area contributed by atoms with E-state index in [9.17, 15) is 15.2 Å². The topological polar surface area (TPSA) is 61.1 Å². The first-order valence-corrected chi connectivity index (χ1v) is 9.63. The largest absolute Gasteiger partial charge is 0.396 e. The summed E-state index contributed by atoms with van der Waals surface area (Å²) in [6.07, 6.45) is 12.1. The van der Waals surface area contributed by atoms with Crippen LogP contribution in [0.15, 0.2) is 22.8 Å². The van der Waals surface area contributed by atoms with E-state index in [1.807, 2.05) is 6.08 Å². The molecule has 4 aliphatic carbocycles. The van der Waals surface area contributed by atoms with E-state index in [2.05, 4.69) is 6.07 Å². The number of nitriles is 1. The van der Waals surface area contributed by atoms with Crippen molar-refractivity contribution in [2.75, 3.05) is 6.61 Å². The van der Waals surface area contributed by atoms with Crippen LogP contribution < -0.4 is 0 Å². The summed E-state index contributed by atoms with van der Waals surface area (Å²) in [7, 11) is 0. The van der Waals surface area contributed by atoms with Crippen LogP contribution in [-0.2, 0) is 4.79 Å². The Balaban J connectivity index is 1.70. The Labute approximate surface area is 144 Å². The number of allylic oxidation sites excluding steroid dienone is 4. The van der Waals surface area contributed by atoms with E-state index in [0.717, 1.165) is 32.1 Å². The third-order valence-electron chi connectivity index (χ3n) is 7.52. The lowest BCUT2D eigenvalue weighted by atomic mass is 9.53. The fraction of sp³-hybridized carbons (Fsp3) is 0.714. The number of fused-ring (bicyclic) bond motifs is 4. The maximum atomic E-state index is 11.8. The van der Waals surface area contributed by atoms with E-state index in [1.165, 1.54) is 30.4 Å². The maximum Gasteiger partial charge on any atom is 0.156 e. The predicted octanol–water partition coefficient (Wildman–Crippen LogP) is 4.08. The average Bonchev–Trinajstić information content (AvgIpc) is 3.04. The molecule has 2 unspecified atom stereocenters. The summed E-state index contributed by atoms with van der Waals surface area (Å²) in [6, 6.07) is 2.33. The molecular formula is C21H27NO2. The molecule has 2 saturated carbocycles. The van der Waals surface area contributed by atoms with Crippen molar-refractivity contribution in [2.24, 2.45) is 23.2 Å². The number of hydrogen-bond acceptors (Lipinski definition) is 3. The summed E-state index contributed by atoms with van der Waals surface area (Å²) in [5, 5.41) is 19.2. The van der Waals surface area contributed by atoms with E-state index in [4.69, 9.17) is 0 Å². The molecule has 0 aromatic carbocycles. The lowest BCUT2D eigenvalue weighted by Crippen LogP contribution is -2.44. The highest BCUT2D eigenvalue weighted by Gasteiger charge is 2.54. The quantitative estimate of drug-likeness (QED) is 0.850. The van der Waals surface area contributed by atoms with Crippen LogP contribution >= 0.6 is 0 Å². The molecule has 0 aliphatic heterocycles. The Morgan fingerprint density at radius 1 is 1.25 bits per heavy atom. The van der Waals surface area contributed by atoms with Gasteiger partial charge in [-0.1, -0.05) is 12.0 Å². The fourth-order valence-electron chi connectivity index (χ4n) is 6.52. The lowest BCUT2D eigenvalue weighted by molar-refractivity contribution is -0.114. The zero-order valence-electron chi connectivity index (χ0n) is 14.4. The van der Waals surface area contributed by atoms with E-state index in [0.29, 0.717) is 30.5 Å². The van der Waals surface area contributed by atoms with Crippen molar-refractivity contribution in [1.82, 2.24) is 0 Å². The molecule has 4 rings (SSSR count). The van der Waals surface area contributed by atoms with Gasteiger partial charge in [-0.3, -0.25) is 4.79 Å². The van der Waals surface area contributed by atoms with E-state index in [-0.39, 0.29) is 17.9 Å². The average molecular weight is 325 g/mol. The van der Waals surface area contributed by atoms with Crippen LogP contribution in [0.2, 0.25) is 0 Å². The van der Waals surface area contributed by atoms with Crippen LogP contribution in [0.3, 0.4) is 0 Å². The Bertz CT molecular complexity index is 653. The second kappa shape index (κ2) is 6.15. The second-order valence-corrected chi connectivity index (χ2v) is 8.26. The summed E-state index contributed by atoms with van der Waals surface area (Å²) < 4.78 is 0. The van der Waals surface area contributed by atoms with Crippen molar-refractivity contribution in [2.45, 2.75) is 64.2 Å². The zero-order valence-corrected chi connectivity index (χ0v) is 14.4. The molecule has 0 radical (unpaired) electrons. The highest BCUT2D eigenvalue weighted by atomic mass is 16.3. The van der Waals surface area contributed by atoms with Gasteiger partial charge in [-0.2, -0.15) is 5.26 Å². The molecule has 0 saturated heterocycles. The van der Waals surface area contributed by atoms with Crippen LogP contribution in [0.25, 0.3) is 0 Å². The van der Waals surface area contributed by atoms with Crippen molar-refractivity contribution in [3.8, 4) is 6.07 Å². The van der Waals surface area contributed by atoms with E-state index in [1.54, 1.807) is 5.57 Å². The number of carbonyl (C=O) groups excluding carboxylic acids is 1. The van der Waals surface area contributed by atoms with Crippen LogP contribution in [0.5, 0.6) is 0 Å². The normalized spacial score (nSPS) is 36.3. The molecule has 0 heterocycles. The molecule has 2 fully saturated rings. The minimum absolute atomic E-state index is 0.145. The summed E-state index contributed by atoms with van der Waals surface area (Å²) in [5.41, 5.74) is 4.65. The van der Waals surface area contributed by atoms with Crippen molar-refractivity contribution in [1.29, 1.82) is 5.26 Å². The standard InChI is InChI=1S/C21H27NO2/c22-11-8-15(13-23)21-9-1-2-20(21)19-5-3-14-12-16(24)4-6-17(14)18(19)7-10-21/h12,15,19-20,23H,1-10,13H2/t15?,19-,20+,21?/m1/s1. The highest BCUT2D eigenvalue weighted by molar-refractivity contribution is 5.93. The Morgan fingerprint density at radius 3 is 2.92 bits per heavy atom. The number of carbonyl (C=O) groups is 1. The van der Waals surface area contributed by atoms with Crippen molar-refractivity contribution < 1.29 is 9.90 Å². The monoisotopic (exact) mass is 325 g/mol. The fourth-order valence-corrected chi connectivity index (χ4v) is 6.52. The minimum atomic E-state index is 0.145. The zero-order chi connectivity index (χ0) is 16.7. The van der Waals surface area contributed by atoms with Gasteiger partial charge >= 0.3 is 0 Å². The van der Waals surface area contributed by atoms with Crippen molar-refractivity contribution in [3.05, 3.63) is 22.8 Å². The number of aliphatic hydroxyl groups is 1. The van der Waals surface area contributed by atoms with Gasteiger partial charge in [-0.05, 0) is 79.4 Å². The van der Waals surface area contributed by atoms with Gasteiger partial charge in [-0.15, -0.1) is 0 Å². The molecule has 0 aromatic heterocycles. The maximum absolute atomic E-state index is 11.8. The Kier molecular flexibility index (Phi) is 4.12. The van der Waals surface area contributed by atoms with Crippen LogP contribution in [-0.4, -0.2) is 17.5 Å². The van der Waals surface area contributed by atoms with Gasteiger partial charge in [0.15, 0.2) is 5.78 Å². The van der Waals surface area contributed by atoms with Crippen molar-refractivity contribution >= 4 is 5.78 Å². The molecule has 1 N–H and O–H groups in total. The molecule has 128 valence electrons. The molecule has 0 amide bonds. The summed E-state index contributed by atoms with van der Waals surface area (Å²) in [5.74, 6) is 1.72. The van der Waals surface area contributed by atoms with E-state index >= 15 is 0 Å². The third kappa shape index (κ3) is 2.30. The molecule has 0 spiro atoms.